The molecule has 0 atom stereocenters. The van der Waals surface area contributed by atoms with E-state index < -0.39 is 0 Å². The van der Waals surface area contributed by atoms with Crippen LogP contribution in [0.3, 0.4) is 0 Å². The molecule has 0 saturated heterocycles. The van der Waals surface area contributed by atoms with Crippen LogP contribution in [0.2, 0.25) is 0 Å². The molecule has 0 bridgehead atoms. The quantitative estimate of drug-likeness (QED) is 0.454. The number of nitriles is 1. The number of hydrogen-bond donors (Lipinski definition) is 0. The molecule has 0 unspecified atom stereocenters. The summed E-state index contributed by atoms with van der Waals surface area (Å²) in [7, 11) is 0. The number of carbonyl (C=O) groups excluding carboxylic acids is 1. The van der Waals surface area contributed by atoms with Crippen molar-refractivity contribution in [3.05, 3.63) is 36.0 Å². The van der Waals surface area contributed by atoms with E-state index in [-0.39, 0.29) is 5.97 Å². The maximum atomic E-state index is 11.0. The SMILES string of the molecule is CCOC(=O)C=CCSc1ncccc1C#N. The van der Waals surface area contributed by atoms with Gasteiger partial charge in [0.15, 0.2) is 0 Å². The number of thioether (sulfide) groups is 1. The van der Waals surface area contributed by atoms with Crippen LogP contribution in [-0.2, 0) is 9.53 Å². The van der Waals surface area contributed by atoms with Gasteiger partial charge in [0.1, 0.15) is 11.1 Å². The Balaban J connectivity index is 2.46. The average molecular weight is 248 g/mol. The number of pyridine rings is 1. The van der Waals surface area contributed by atoms with Crippen molar-refractivity contribution >= 4 is 17.7 Å². The zero-order chi connectivity index (χ0) is 12.5. The van der Waals surface area contributed by atoms with E-state index in [0.717, 1.165) is 0 Å². The van der Waals surface area contributed by atoms with Gasteiger partial charge in [-0.3, -0.25) is 0 Å². The van der Waals surface area contributed by atoms with Crippen molar-refractivity contribution in [1.82, 2.24) is 4.98 Å². The van der Waals surface area contributed by atoms with Gasteiger partial charge in [-0.15, -0.1) is 11.8 Å². The molecule has 88 valence electrons. The normalized spacial score (nSPS) is 10.1. The first-order valence-corrected chi connectivity index (χ1v) is 6.07. The number of nitrogens with zero attached hydrogens (tertiary/aromatic N) is 2. The van der Waals surface area contributed by atoms with Crippen molar-refractivity contribution in [1.29, 1.82) is 5.26 Å². The maximum absolute atomic E-state index is 11.0. The fourth-order valence-electron chi connectivity index (χ4n) is 1.05. The number of aromatic nitrogens is 1. The lowest BCUT2D eigenvalue weighted by molar-refractivity contribution is -0.137. The van der Waals surface area contributed by atoms with Gasteiger partial charge >= 0.3 is 5.97 Å². The molecular weight excluding hydrogens is 236 g/mol. The summed E-state index contributed by atoms with van der Waals surface area (Å²) in [5, 5.41) is 9.51. The third-order valence-corrected chi connectivity index (χ3v) is 2.71. The van der Waals surface area contributed by atoms with E-state index in [1.807, 2.05) is 0 Å². The molecule has 1 rings (SSSR count). The Morgan fingerprint density at radius 2 is 2.53 bits per heavy atom. The zero-order valence-corrected chi connectivity index (χ0v) is 10.2. The van der Waals surface area contributed by atoms with E-state index in [9.17, 15) is 4.79 Å². The second kappa shape index (κ2) is 7.47. The van der Waals surface area contributed by atoms with E-state index in [1.165, 1.54) is 17.8 Å². The number of carbonyl (C=O) groups is 1. The Hall–Kier alpha value is -1.80. The van der Waals surface area contributed by atoms with Crippen molar-refractivity contribution in [2.45, 2.75) is 11.9 Å². The molecule has 1 aromatic heterocycles. The molecule has 0 fully saturated rings. The Kier molecular flexibility index (Phi) is 5.83. The van der Waals surface area contributed by atoms with Crippen molar-refractivity contribution in [2.75, 3.05) is 12.4 Å². The third-order valence-electron chi connectivity index (χ3n) is 1.75. The van der Waals surface area contributed by atoms with Crippen LogP contribution in [0, 0.1) is 11.3 Å². The Labute approximate surface area is 104 Å². The number of ether oxygens (including phenoxy) is 1. The van der Waals surface area contributed by atoms with Crippen LogP contribution in [-0.4, -0.2) is 23.3 Å². The highest BCUT2D eigenvalue weighted by atomic mass is 32.2. The summed E-state index contributed by atoms with van der Waals surface area (Å²) in [6, 6.07) is 5.50. The lowest BCUT2D eigenvalue weighted by atomic mass is 10.3. The van der Waals surface area contributed by atoms with Gasteiger partial charge < -0.3 is 4.74 Å². The number of hydrogen-bond acceptors (Lipinski definition) is 5. The minimum absolute atomic E-state index is 0.352. The Morgan fingerprint density at radius 1 is 1.71 bits per heavy atom. The van der Waals surface area contributed by atoms with Gasteiger partial charge in [-0.2, -0.15) is 5.26 Å². The molecule has 0 radical (unpaired) electrons. The highest BCUT2D eigenvalue weighted by molar-refractivity contribution is 7.99. The van der Waals surface area contributed by atoms with Crippen LogP contribution in [0.4, 0.5) is 0 Å². The van der Waals surface area contributed by atoms with E-state index >= 15 is 0 Å². The second-order valence-electron chi connectivity index (χ2n) is 2.93. The molecule has 0 aromatic carbocycles. The van der Waals surface area contributed by atoms with Crippen LogP contribution in [0.1, 0.15) is 12.5 Å². The minimum atomic E-state index is -0.352. The largest absolute Gasteiger partial charge is 0.463 e. The molecule has 0 aliphatic carbocycles. The molecule has 0 N–H and O–H groups in total. The van der Waals surface area contributed by atoms with Gasteiger partial charge in [-0.05, 0) is 19.1 Å². The van der Waals surface area contributed by atoms with E-state index in [1.54, 1.807) is 31.3 Å². The Bertz CT molecular complexity index is 452. The predicted octanol–water partition coefficient (Wildman–Crippen LogP) is 2.16. The summed E-state index contributed by atoms with van der Waals surface area (Å²) in [6.45, 7) is 2.13. The molecular formula is C12H12N2O2S. The van der Waals surface area contributed by atoms with Crippen LogP contribution >= 0.6 is 11.8 Å². The number of rotatable bonds is 5. The second-order valence-corrected chi connectivity index (χ2v) is 3.94. The molecule has 17 heavy (non-hydrogen) atoms. The van der Waals surface area contributed by atoms with Gasteiger partial charge in [0.25, 0.3) is 0 Å². The molecule has 0 aliphatic heterocycles. The fraction of sp³-hybridized carbons (Fsp3) is 0.250. The summed E-state index contributed by atoms with van der Waals surface area (Å²) < 4.78 is 4.74. The maximum Gasteiger partial charge on any atom is 0.330 e. The molecule has 0 spiro atoms. The van der Waals surface area contributed by atoms with Gasteiger partial charge in [0.2, 0.25) is 0 Å². The summed E-state index contributed by atoms with van der Waals surface area (Å²) in [5.74, 6) is 0.222. The Morgan fingerprint density at radius 3 is 3.24 bits per heavy atom. The summed E-state index contributed by atoms with van der Waals surface area (Å²) in [4.78, 5) is 15.1. The molecule has 0 aliphatic rings. The van der Waals surface area contributed by atoms with Crippen molar-refractivity contribution in [2.24, 2.45) is 0 Å². The topological polar surface area (TPSA) is 63.0 Å². The number of esters is 1. The van der Waals surface area contributed by atoms with Gasteiger partial charge in [0, 0.05) is 18.0 Å². The zero-order valence-electron chi connectivity index (χ0n) is 9.42. The standard InChI is InChI=1S/C12H12N2O2S/c1-2-16-11(15)6-4-8-17-12-10(9-13)5-3-7-14-12/h3-7H,2,8H2,1H3. The molecule has 4 nitrogen and oxygen atoms in total. The van der Waals surface area contributed by atoms with Crippen LogP contribution < -0.4 is 0 Å². The molecule has 0 amide bonds. The summed E-state index contributed by atoms with van der Waals surface area (Å²) >= 11 is 1.40. The molecule has 0 saturated carbocycles. The van der Waals surface area contributed by atoms with E-state index in [2.05, 4.69) is 11.1 Å². The van der Waals surface area contributed by atoms with E-state index in [4.69, 9.17) is 10.00 Å². The first-order chi connectivity index (χ1) is 8.27. The fourth-order valence-corrected chi connectivity index (χ4v) is 1.81. The highest BCUT2D eigenvalue weighted by Crippen LogP contribution is 2.18. The van der Waals surface area contributed by atoms with Gasteiger partial charge in [-0.25, -0.2) is 9.78 Å². The lowest BCUT2D eigenvalue weighted by Crippen LogP contribution is -1.98. The smallest absolute Gasteiger partial charge is 0.330 e. The minimum Gasteiger partial charge on any atom is -0.463 e. The first-order valence-electron chi connectivity index (χ1n) is 5.09. The van der Waals surface area contributed by atoms with Crippen molar-refractivity contribution in [3.8, 4) is 6.07 Å². The van der Waals surface area contributed by atoms with Crippen molar-refractivity contribution < 1.29 is 9.53 Å². The molecule has 1 heterocycles. The monoisotopic (exact) mass is 248 g/mol. The van der Waals surface area contributed by atoms with Gasteiger partial charge in [-0.1, -0.05) is 6.08 Å². The van der Waals surface area contributed by atoms with Crippen LogP contribution in [0.5, 0.6) is 0 Å². The van der Waals surface area contributed by atoms with E-state index in [0.29, 0.717) is 22.9 Å². The molecule has 5 heteroatoms. The first kappa shape index (κ1) is 13.3. The van der Waals surface area contributed by atoms with Crippen LogP contribution in [0.25, 0.3) is 0 Å². The highest BCUT2D eigenvalue weighted by Gasteiger charge is 2.01. The van der Waals surface area contributed by atoms with Gasteiger partial charge in [0.05, 0.1) is 12.2 Å². The summed E-state index contributed by atoms with van der Waals surface area (Å²) in [6.07, 6.45) is 4.71. The predicted molar refractivity (Wildman–Crippen MR) is 65.4 cm³/mol. The lowest BCUT2D eigenvalue weighted by Gasteiger charge is -1.99. The third kappa shape index (κ3) is 4.70. The average Bonchev–Trinajstić information content (AvgIpc) is 2.35. The summed E-state index contributed by atoms with van der Waals surface area (Å²) in [5.41, 5.74) is 0.544. The van der Waals surface area contributed by atoms with Crippen LogP contribution in [0.15, 0.2) is 35.5 Å². The molecule has 1 aromatic rings. The van der Waals surface area contributed by atoms with Crippen molar-refractivity contribution in [3.63, 3.8) is 0 Å².